The van der Waals surface area contributed by atoms with E-state index >= 15 is 0 Å². The van der Waals surface area contributed by atoms with Gasteiger partial charge in [0.15, 0.2) is 0 Å². The van der Waals surface area contributed by atoms with Crippen molar-refractivity contribution < 1.29 is 14.5 Å². The maximum atomic E-state index is 12.8. The number of hydrogen-bond donors (Lipinski definition) is 2. The van der Waals surface area contributed by atoms with E-state index in [2.05, 4.69) is 25.5 Å². The number of piperidine rings is 1. The van der Waals surface area contributed by atoms with Gasteiger partial charge in [0.05, 0.1) is 5.54 Å². The molecule has 6 heteroatoms. The van der Waals surface area contributed by atoms with Crippen molar-refractivity contribution in [2.24, 2.45) is 10.8 Å². The zero-order valence-electron chi connectivity index (χ0n) is 15.4. The van der Waals surface area contributed by atoms with Crippen LogP contribution < -0.4 is 4.72 Å². The Bertz CT molecular complexity index is 461. The molecule has 5 nitrogen and oxygen atoms in total. The smallest absolute Gasteiger partial charge is 0.407 e. The summed E-state index contributed by atoms with van der Waals surface area (Å²) in [7, 11) is 0. The second-order valence-electron chi connectivity index (χ2n) is 9.19. The monoisotopic (exact) mass is 344 g/mol. The highest BCUT2D eigenvalue weighted by molar-refractivity contribution is 7.90. The third kappa shape index (κ3) is 3.10. The summed E-state index contributed by atoms with van der Waals surface area (Å²) < 4.78 is 16.0. The quantitative estimate of drug-likeness (QED) is 0.753. The average molecular weight is 345 g/mol. The maximum absolute atomic E-state index is 12.8. The van der Waals surface area contributed by atoms with Crippen LogP contribution in [0.2, 0.25) is 0 Å². The Balaban J connectivity index is 2.25. The molecule has 23 heavy (non-hydrogen) atoms. The second kappa shape index (κ2) is 5.81. The summed E-state index contributed by atoms with van der Waals surface area (Å²) in [6.45, 7) is 13.8. The van der Waals surface area contributed by atoms with Crippen LogP contribution in [-0.4, -0.2) is 44.0 Å². The fourth-order valence-corrected chi connectivity index (χ4v) is 5.57. The van der Waals surface area contributed by atoms with Crippen LogP contribution in [-0.2, 0) is 11.4 Å². The van der Waals surface area contributed by atoms with Gasteiger partial charge in [-0.05, 0) is 57.3 Å². The van der Waals surface area contributed by atoms with E-state index in [9.17, 15) is 14.5 Å². The van der Waals surface area contributed by atoms with Crippen LogP contribution in [0.3, 0.4) is 0 Å². The van der Waals surface area contributed by atoms with Gasteiger partial charge >= 0.3 is 6.09 Å². The summed E-state index contributed by atoms with van der Waals surface area (Å²) in [5, 5.41) is 9.20. The lowest BCUT2D eigenvalue weighted by Gasteiger charge is -2.66. The topological polar surface area (TPSA) is 75.6 Å². The molecule has 0 aromatic rings. The van der Waals surface area contributed by atoms with Crippen molar-refractivity contribution in [3.63, 3.8) is 0 Å². The normalized spacial score (nSPS) is 29.3. The zero-order valence-corrected chi connectivity index (χ0v) is 16.2. The van der Waals surface area contributed by atoms with Gasteiger partial charge in [-0.25, -0.2) is 4.79 Å². The molecule has 1 heterocycles. The summed E-state index contributed by atoms with van der Waals surface area (Å²) in [5.41, 5.74) is -0.168. The minimum atomic E-state index is -1.13. The molecule has 1 aliphatic heterocycles. The van der Waals surface area contributed by atoms with E-state index in [4.69, 9.17) is 0 Å². The Labute approximate surface area is 143 Å². The predicted molar refractivity (Wildman–Crippen MR) is 93.7 cm³/mol. The Morgan fingerprint density at radius 3 is 1.91 bits per heavy atom. The number of hydrogen-bond acceptors (Lipinski definition) is 3. The predicted octanol–water partition coefficient (Wildman–Crippen LogP) is 3.38. The molecule has 1 saturated carbocycles. The molecule has 1 unspecified atom stereocenters. The first-order chi connectivity index (χ1) is 10.3. The van der Waals surface area contributed by atoms with E-state index in [0.29, 0.717) is 13.1 Å². The third-order valence-electron chi connectivity index (χ3n) is 5.98. The largest absolute Gasteiger partial charge is 0.598 e. The van der Waals surface area contributed by atoms with Crippen molar-refractivity contribution >= 4 is 17.5 Å². The van der Waals surface area contributed by atoms with Crippen LogP contribution in [0, 0.1) is 10.8 Å². The summed E-state index contributed by atoms with van der Waals surface area (Å²) in [6, 6.07) is 0. The minimum absolute atomic E-state index is 0.0302. The number of carboxylic acid groups (broad SMARTS) is 1. The summed E-state index contributed by atoms with van der Waals surface area (Å²) in [6.07, 6.45) is 2.97. The van der Waals surface area contributed by atoms with E-state index < -0.39 is 17.5 Å². The molecule has 2 aliphatic rings. The zero-order chi connectivity index (χ0) is 17.7. The number of carbonyl (C=O) groups is 1. The molecular weight excluding hydrogens is 312 g/mol. The fraction of sp³-hybridized carbons (Fsp3) is 0.941. The third-order valence-corrected chi connectivity index (χ3v) is 7.62. The van der Waals surface area contributed by atoms with Gasteiger partial charge in [0, 0.05) is 24.5 Å². The van der Waals surface area contributed by atoms with Crippen LogP contribution in [0.5, 0.6) is 0 Å². The average Bonchev–Trinajstić information content (AvgIpc) is 2.40. The number of nitrogens with one attached hydrogen (secondary N) is 1. The molecule has 1 aliphatic carbocycles. The SMILES string of the molecule is CC(C)(C)[S+]([O-])N[C@]1(C(C)(C)C)CCC12CCN(C(=O)O)CC2. The van der Waals surface area contributed by atoms with Gasteiger partial charge in [-0.3, -0.25) is 0 Å². The van der Waals surface area contributed by atoms with E-state index in [0.717, 1.165) is 25.7 Å². The highest BCUT2D eigenvalue weighted by Gasteiger charge is 2.67. The maximum Gasteiger partial charge on any atom is 0.407 e. The Morgan fingerprint density at radius 2 is 1.61 bits per heavy atom. The molecule has 2 N–H and O–H groups in total. The second-order valence-corrected chi connectivity index (χ2v) is 11.2. The Kier molecular flexibility index (Phi) is 4.77. The van der Waals surface area contributed by atoms with Gasteiger partial charge in [-0.2, -0.15) is 0 Å². The van der Waals surface area contributed by atoms with Crippen LogP contribution >= 0.6 is 0 Å². The summed E-state index contributed by atoms with van der Waals surface area (Å²) in [4.78, 5) is 12.7. The van der Waals surface area contributed by atoms with Crippen molar-refractivity contribution in [1.82, 2.24) is 9.62 Å². The molecule has 1 saturated heterocycles. The molecule has 0 aromatic heterocycles. The summed E-state index contributed by atoms with van der Waals surface area (Å²) in [5.74, 6) is 0. The lowest BCUT2D eigenvalue weighted by atomic mass is 9.44. The standard InChI is InChI=1S/C17H32N2O3S/c1-14(2,3)17(18-23(22)15(4,5)6)8-7-16(17)9-11-19(12-10-16)13(20)21/h18H,7-12H2,1-6H3,(H,20,21)/t17-,23?/m0/s1. The van der Waals surface area contributed by atoms with Crippen LogP contribution in [0.25, 0.3) is 0 Å². The fourth-order valence-electron chi connectivity index (χ4n) is 4.33. The van der Waals surface area contributed by atoms with Crippen molar-refractivity contribution in [2.75, 3.05) is 13.1 Å². The van der Waals surface area contributed by atoms with E-state index in [1.807, 2.05) is 20.8 Å². The van der Waals surface area contributed by atoms with Crippen LogP contribution in [0.4, 0.5) is 4.79 Å². The van der Waals surface area contributed by atoms with Gasteiger partial charge in [-0.1, -0.05) is 20.8 Å². The molecule has 0 bridgehead atoms. The molecule has 1 amide bonds. The Morgan fingerprint density at radius 1 is 1.09 bits per heavy atom. The van der Waals surface area contributed by atoms with Crippen molar-refractivity contribution in [1.29, 1.82) is 0 Å². The van der Waals surface area contributed by atoms with Gasteiger partial charge in [0.25, 0.3) is 0 Å². The van der Waals surface area contributed by atoms with E-state index in [1.165, 1.54) is 4.90 Å². The van der Waals surface area contributed by atoms with E-state index in [-0.39, 0.29) is 21.1 Å². The molecule has 0 aromatic carbocycles. The highest BCUT2D eigenvalue weighted by Crippen LogP contribution is 2.63. The number of likely N-dealkylation sites (tertiary alicyclic amines) is 1. The van der Waals surface area contributed by atoms with E-state index in [1.54, 1.807) is 0 Å². The molecule has 134 valence electrons. The molecule has 1 spiro atoms. The number of nitrogens with zero attached hydrogens (tertiary/aromatic N) is 1. The van der Waals surface area contributed by atoms with Crippen molar-refractivity contribution in [3.8, 4) is 0 Å². The minimum Gasteiger partial charge on any atom is -0.598 e. The molecule has 2 atom stereocenters. The first-order valence-electron chi connectivity index (χ1n) is 8.52. The lowest BCUT2D eigenvalue weighted by molar-refractivity contribution is -0.119. The van der Waals surface area contributed by atoms with Crippen molar-refractivity contribution in [2.45, 2.75) is 77.5 Å². The first-order valence-corrected chi connectivity index (χ1v) is 9.67. The molecular formula is C17H32N2O3S. The van der Waals surface area contributed by atoms with Crippen molar-refractivity contribution in [3.05, 3.63) is 0 Å². The molecule has 2 fully saturated rings. The van der Waals surface area contributed by atoms with Gasteiger partial charge in [-0.15, -0.1) is 4.72 Å². The van der Waals surface area contributed by atoms with Gasteiger partial charge < -0.3 is 14.6 Å². The van der Waals surface area contributed by atoms with Gasteiger partial charge in [0.1, 0.15) is 4.75 Å². The Hall–Kier alpha value is -0.460. The number of rotatable bonds is 2. The van der Waals surface area contributed by atoms with Crippen LogP contribution in [0.15, 0.2) is 0 Å². The van der Waals surface area contributed by atoms with Gasteiger partial charge in [0.2, 0.25) is 0 Å². The highest BCUT2D eigenvalue weighted by atomic mass is 32.2. The summed E-state index contributed by atoms with van der Waals surface area (Å²) >= 11 is -1.13. The number of amides is 1. The van der Waals surface area contributed by atoms with Crippen LogP contribution in [0.1, 0.15) is 67.2 Å². The lowest BCUT2D eigenvalue weighted by Crippen LogP contribution is -2.75. The molecule has 0 radical (unpaired) electrons. The molecule has 2 rings (SSSR count). The first kappa shape index (κ1) is 18.9.